The van der Waals surface area contributed by atoms with E-state index in [1.54, 1.807) is 0 Å². The van der Waals surface area contributed by atoms with Crippen molar-refractivity contribution in [2.75, 3.05) is 13.2 Å². The molecule has 6 heteroatoms. The first-order valence-corrected chi connectivity index (χ1v) is 6.98. The Balaban J connectivity index is 2.16. The van der Waals surface area contributed by atoms with Crippen molar-refractivity contribution in [2.24, 2.45) is 5.92 Å². The Kier molecular flexibility index (Phi) is 4.91. The molecule has 0 aliphatic carbocycles. The fourth-order valence-corrected chi connectivity index (χ4v) is 2.55. The highest BCUT2D eigenvalue weighted by atomic mass is 16.6. The van der Waals surface area contributed by atoms with E-state index in [1.807, 2.05) is 13.8 Å². The first-order chi connectivity index (χ1) is 9.58. The fraction of sp³-hybridized carbons (Fsp3) is 0.714. The second-order valence-corrected chi connectivity index (χ2v) is 5.20. The lowest BCUT2D eigenvalue weighted by Crippen LogP contribution is -2.46. The molecule has 20 heavy (non-hydrogen) atoms. The number of rotatable bonds is 5. The maximum Gasteiger partial charge on any atom is 0.236 e. The van der Waals surface area contributed by atoms with E-state index < -0.39 is 6.23 Å². The molecule has 1 N–H and O–H groups in total. The molecule has 112 valence electrons. The van der Waals surface area contributed by atoms with Gasteiger partial charge >= 0.3 is 0 Å². The molecule has 0 aromatic heterocycles. The number of aliphatic hydroxyl groups excluding tert-OH is 1. The number of amides is 1. The summed E-state index contributed by atoms with van der Waals surface area (Å²) in [5.74, 6) is -0.518. The molecule has 6 nitrogen and oxygen atoms in total. The van der Waals surface area contributed by atoms with Gasteiger partial charge in [0, 0.05) is 18.7 Å². The lowest BCUT2D eigenvalue weighted by atomic mass is 10.00. The molecule has 1 saturated heterocycles. The molecule has 0 radical (unpaired) electrons. The Labute approximate surface area is 118 Å². The van der Waals surface area contributed by atoms with Crippen molar-refractivity contribution in [3.8, 4) is 0 Å². The van der Waals surface area contributed by atoms with Gasteiger partial charge in [-0.3, -0.25) is 14.5 Å². The second-order valence-electron chi connectivity index (χ2n) is 5.20. The molecule has 0 aromatic carbocycles. The van der Waals surface area contributed by atoms with E-state index in [0.29, 0.717) is 6.61 Å². The molecular formula is C14H21NO5. The minimum atomic E-state index is -0.578. The number of ketones is 1. The van der Waals surface area contributed by atoms with E-state index in [4.69, 9.17) is 9.47 Å². The van der Waals surface area contributed by atoms with Crippen molar-refractivity contribution in [1.29, 1.82) is 0 Å². The summed E-state index contributed by atoms with van der Waals surface area (Å²) in [5.41, 5.74) is 0. The number of carbonyl (C=O) groups excluding carboxylic acids is 2. The molecule has 2 aliphatic heterocycles. The molecule has 2 rings (SSSR count). The Bertz CT molecular complexity index is 408. The van der Waals surface area contributed by atoms with Crippen LogP contribution in [0.5, 0.6) is 0 Å². The van der Waals surface area contributed by atoms with Crippen molar-refractivity contribution in [1.82, 2.24) is 4.90 Å². The highest BCUT2D eigenvalue weighted by Crippen LogP contribution is 2.32. The standard InChI is InChI=1S/C14H21NO5/c1-3-6-19-13-9(2)11(8-16)20-14(13)15-5-4-10(17)7-12(15)18/h4-5,9,11,13-14,16H,3,6-8H2,1-2H3/t9-,11-,13-,14-/m1/s1. The molecule has 0 spiro atoms. The Hall–Kier alpha value is -1.24. The third kappa shape index (κ3) is 2.92. The van der Waals surface area contributed by atoms with Crippen LogP contribution in [0.2, 0.25) is 0 Å². The number of nitrogens with zero attached hydrogens (tertiary/aromatic N) is 1. The van der Waals surface area contributed by atoms with E-state index in [1.165, 1.54) is 17.2 Å². The van der Waals surface area contributed by atoms with Gasteiger partial charge in [-0.15, -0.1) is 0 Å². The molecule has 2 heterocycles. The molecule has 0 aromatic rings. The molecule has 1 fully saturated rings. The van der Waals surface area contributed by atoms with Gasteiger partial charge in [0.2, 0.25) is 5.91 Å². The average molecular weight is 283 g/mol. The second kappa shape index (κ2) is 6.47. The Morgan fingerprint density at radius 2 is 2.25 bits per heavy atom. The predicted octanol–water partition coefficient (Wildman–Crippen LogP) is 0.450. The normalized spacial score (nSPS) is 34.0. The van der Waals surface area contributed by atoms with Crippen LogP contribution in [0.25, 0.3) is 0 Å². The molecular weight excluding hydrogens is 262 g/mol. The van der Waals surface area contributed by atoms with Crippen LogP contribution in [0.15, 0.2) is 12.3 Å². The van der Waals surface area contributed by atoms with Crippen molar-refractivity contribution >= 4 is 11.7 Å². The molecule has 0 saturated carbocycles. The minimum Gasteiger partial charge on any atom is -0.394 e. The zero-order valence-electron chi connectivity index (χ0n) is 11.8. The summed E-state index contributed by atoms with van der Waals surface area (Å²) in [5, 5.41) is 9.35. The van der Waals surface area contributed by atoms with Crippen molar-refractivity contribution in [3.05, 3.63) is 12.3 Å². The first kappa shape index (κ1) is 15.2. The zero-order valence-corrected chi connectivity index (χ0v) is 11.8. The number of carbonyl (C=O) groups is 2. The Morgan fingerprint density at radius 1 is 1.50 bits per heavy atom. The summed E-state index contributed by atoms with van der Waals surface area (Å²) in [6.45, 7) is 4.39. The van der Waals surface area contributed by atoms with Crippen LogP contribution in [0, 0.1) is 5.92 Å². The van der Waals surface area contributed by atoms with E-state index in [9.17, 15) is 14.7 Å². The molecule has 0 bridgehead atoms. The smallest absolute Gasteiger partial charge is 0.236 e. The van der Waals surface area contributed by atoms with Gasteiger partial charge in [0.15, 0.2) is 12.0 Å². The first-order valence-electron chi connectivity index (χ1n) is 6.98. The number of allylic oxidation sites excluding steroid dienone is 1. The highest BCUT2D eigenvalue weighted by Gasteiger charge is 2.46. The monoisotopic (exact) mass is 283 g/mol. The summed E-state index contributed by atoms with van der Waals surface area (Å²) < 4.78 is 11.5. The van der Waals surface area contributed by atoms with Crippen LogP contribution >= 0.6 is 0 Å². The number of aliphatic hydroxyl groups is 1. The number of hydrogen-bond acceptors (Lipinski definition) is 5. The van der Waals surface area contributed by atoms with E-state index in [2.05, 4.69) is 0 Å². The molecule has 4 atom stereocenters. The lowest BCUT2D eigenvalue weighted by molar-refractivity contribution is -0.151. The summed E-state index contributed by atoms with van der Waals surface area (Å²) >= 11 is 0. The average Bonchev–Trinajstić information content (AvgIpc) is 2.73. The van der Waals surface area contributed by atoms with Crippen LogP contribution in [0.4, 0.5) is 0 Å². The summed E-state index contributed by atoms with van der Waals surface area (Å²) in [4.78, 5) is 24.6. The maximum atomic E-state index is 12.0. The highest BCUT2D eigenvalue weighted by molar-refractivity contribution is 6.06. The van der Waals surface area contributed by atoms with Gasteiger partial charge in [0.1, 0.15) is 6.10 Å². The minimum absolute atomic E-state index is 0.0182. The zero-order chi connectivity index (χ0) is 14.7. The topological polar surface area (TPSA) is 76.1 Å². The van der Waals surface area contributed by atoms with Gasteiger partial charge in [-0.2, -0.15) is 0 Å². The van der Waals surface area contributed by atoms with Crippen molar-refractivity contribution < 1.29 is 24.2 Å². The van der Waals surface area contributed by atoms with Crippen LogP contribution in [0.1, 0.15) is 26.7 Å². The maximum absolute atomic E-state index is 12.0. The van der Waals surface area contributed by atoms with E-state index in [0.717, 1.165) is 6.42 Å². The summed E-state index contributed by atoms with van der Waals surface area (Å²) in [7, 11) is 0. The van der Waals surface area contributed by atoms with Gasteiger partial charge in [-0.1, -0.05) is 13.8 Å². The van der Waals surface area contributed by atoms with Gasteiger partial charge in [-0.05, 0) is 12.5 Å². The van der Waals surface area contributed by atoms with Crippen LogP contribution < -0.4 is 0 Å². The lowest BCUT2D eigenvalue weighted by Gasteiger charge is -2.31. The largest absolute Gasteiger partial charge is 0.394 e. The number of hydrogen-bond donors (Lipinski definition) is 1. The molecule has 2 aliphatic rings. The predicted molar refractivity (Wildman–Crippen MR) is 70.6 cm³/mol. The van der Waals surface area contributed by atoms with Gasteiger partial charge in [0.25, 0.3) is 0 Å². The van der Waals surface area contributed by atoms with Crippen LogP contribution in [0.3, 0.4) is 0 Å². The van der Waals surface area contributed by atoms with E-state index >= 15 is 0 Å². The van der Waals surface area contributed by atoms with Crippen molar-refractivity contribution in [3.63, 3.8) is 0 Å². The molecule has 0 unspecified atom stereocenters. The quantitative estimate of drug-likeness (QED) is 0.741. The van der Waals surface area contributed by atoms with Gasteiger partial charge in [0.05, 0.1) is 19.1 Å². The van der Waals surface area contributed by atoms with Gasteiger partial charge < -0.3 is 14.6 Å². The van der Waals surface area contributed by atoms with E-state index in [-0.39, 0.29) is 42.8 Å². The number of ether oxygens (including phenoxy) is 2. The summed E-state index contributed by atoms with van der Waals surface area (Å²) in [6.07, 6.45) is 2.31. The molecule has 1 amide bonds. The third-order valence-electron chi connectivity index (χ3n) is 3.70. The van der Waals surface area contributed by atoms with Gasteiger partial charge in [-0.25, -0.2) is 0 Å². The SMILES string of the molecule is CCCO[C@@H]1[C@H](C)[C@@H](CO)O[C@H]1N1C=CC(=O)CC1=O. The van der Waals surface area contributed by atoms with Crippen LogP contribution in [-0.2, 0) is 19.1 Å². The fourth-order valence-electron chi connectivity index (χ4n) is 2.55. The van der Waals surface area contributed by atoms with Crippen molar-refractivity contribution in [2.45, 2.75) is 45.1 Å². The third-order valence-corrected chi connectivity index (χ3v) is 3.70. The van der Waals surface area contributed by atoms with Crippen LogP contribution in [-0.4, -0.2) is 53.3 Å². The Morgan fingerprint density at radius 3 is 2.85 bits per heavy atom. The summed E-state index contributed by atoms with van der Waals surface area (Å²) in [6, 6.07) is 0.